The van der Waals surface area contributed by atoms with Gasteiger partial charge in [-0.3, -0.25) is 0 Å². The van der Waals surface area contributed by atoms with E-state index in [1.807, 2.05) is 0 Å². The molecule has 429 valence electrons. The predicted molar refractivity (Wildman–Crippen MR) is 356 cm³/mol. The third kappa shape index (κ3) is 13.5. The summed E-state index contributed by atoms with van der Waals surface area (Å²) in [6.07, 6.45) is 22.9. The molecule has 0 aromatic heterocycles. The molecule has 79 heavy (non-hydrogen) atoms. The summed E-state index contributed by atoms with van der Waals surface area (Å²) in [6.45, 7) is 22.8. The molecule has 0 aliphatic heterocycles. The quantitative estimate of drug-likeness (QED) is 0.0338. The molecule has 6 aromatic rings. The normalized spacial score (nSPS) is 12.8. The molecule has 0 aliphatic carbocycles. The fourth-order valence-electron chi connectivity index (χ4n) is 15.8. The van der Waals surface area contributed by atoms with Crippen LogP contribution in [-0.4, -0.2) is 24.2 Å². The van der Waals surface area contributed by atoms with Crippen LogP contribution < -0.4 is 0 Å². The van der Waals surface area contributed by atoms with Crippen LogP contribution in [0.3, 0.4) is 0 Å². The van der Waals surface area contributed by atoms with Gasteiger partial charge in [0.1, 0.15) is 0 Å². The molecule has 0 saturated carbocycles. The molecule has 6 rings (SSSR count). The summed E-state index contributed by atoms with van der Waals surface area (Å²) in [6, 6.07) is 90.6. The van der Waals surface area contributed by atoms with Crippen molar-refractivity contribution in [2.45, 2.75) is 244 Å². The van der Waals surface area contributed by atoms with Crippen LogP contribution in [0.25, 0.3) is 0 Å². The maximum absolute atomic E-state index is 2.79. The summed E-state index contributed by atoms with van der Waals surface area (Å²) >= 11 is -2.61. The number of hydrogen-bond acceptors (Lipinski definition) is 0. The molecule has 0 bridgehead atoms. The number of benzene rings is 6. The topological polar surface area (TPSA) is 0 Å². The van der Waals surface area contributed by atoms with Crippen molar-refractivity contribution < 1.29 is 14.1 Å². The second-order valence-electron chi connectivity index (χ2n) is 24.3. The molecular weight excluding hydrogens is 1040 g/mol. The van der Waals surface area contributed by atoms with Crippen molar-refractivity contribution in [2.24, 2.45) is 0 Å². The van der Waals surface area contributed by atoms with Crippen LogP contribution in [0, 0.1) is 0 Å². The van der Waals surface area contributed by atoms with E-state index < -0.39 is 38.4 Å². The van der Waals surface area contributed by atoms with Gasteiger partial charge in [-0.2, -0.15) is 0 Å². The molecular formula is C75H111CrSi3. The first kappa shape index (κ1) is 64.7. The Balaban J connectivity index is 2.31. The van der Waals surface area contributed by atoms with Crippen molar-refractivity contribution in [3.05, 3.63) is 215 Å². The van der Waals surface area contributed by atoms with Crippen molar-refractivity contribution in [1.29, 1.82) is 0 Å². The van der Waals surface area contributed by atoms with Crippen LogP contribution >= 0.6 is 0 Å². The minimum atomic E-state index is -2.68. The molecule has 0 radical (unpaired) electrons. The SMILES string of the molecule is CCCC[Si](CCCC)(CCCC)[C](c1ccccc1)(c1ccccc1)[Cr]([C](c1ccccc1)(c1ccccc1)[Si](CCCC)(CCCC)CCCC)[C](c1ccccc1)(c1ccccc1)[Si](CCCC)(CCCC)CCCC. The first-order valence-corrected chi connectivity index (χ1v) is 42.6. The van der Waals surface area contributed by atoms with Gasteiger partial charge in [-0.05, 0) is 0 Å². The third-order valence-corrected chi connectivity index (χ3v) is 51.0. The zero-order valence-electron chi connectivity index (χ0n) is 51.8. The fourth-order valence-corrected chi connectivity index (χ4v) is 57.5. The number of unbranched alkanes of at least 4 members (excludes halogenated alkanes) is 9. The van der Waals surface area contributed by atoms with Crippen molar-refractivity contribution in [3.63, 3.8) is 0 Å². The summed E-state index contributed by atoms with van der Waals surface area (Å²) in [5.74, 6) is 0. The maximum atomic E-state index is 2.79. The van der Waals surface area contributed by atoms with E-state index in [0.717, 1.165) is 0 Å². The molecule has 0 nitrogen and oxygen atoms in total. The Labute approximate surface area is 494 Å². The van der Waals surface area contributed by atoms with E-state index in [9.17, 15) is 0 Å². The van der Waals surface area contributed by atoms with E-state index in [-0.39, 0.29) is 11.7 Å². The third-order valence-electron chi connectivity index (χ3n) is 19.3. The van der Waals surface area contributed by atoms with E-state index in [1.54, 1.807) is 33.4 Å². The van der Waals surface area contributed by atoms with Gasteiger partial charge in [-0.1, -0.05) is 0 Å². The van der Waals surface area contributed by atoms with Gasteiger partial charge >= 0.3 is 498 Å². The summed E-state index contributed by atoms with van der Waals surface area (Å²) in [4.78, 5) is 0. The van der Waals surface area contributed by atoms with Gasteiger partial charge in [0, 0.05) is 0 Å². The van der Waals surface area contributed by atoms with E-state index in [2.05, 4.69) is 244 Å². The molecule has 0 aliphatic rings. The molecule has 0 fully saturated rings. The average Bonchev–Trinajstić information content (AvgIpc) is 1.73. The van der Waals surface area contributed by atoms with Gasteiger partial charge in [-0.15, -0.1) is 0 Å². The Hall–Kier alpha value is -3.50. The predicted octanol–water partition coefficient (Wildman–Crippen LogP) is 23.6. The average molecular weight is 1150 g/mol. The molecule has 0 amide bonds. The molecule has 0 heterocycles. The Morgan fingerprint density at radius 1 is 0.215 bits per heavy atom. The monoisotopic (exact) mass is 1150 g/mol. The summed E-state index contributed by atoms with van der Waals surface area (Å²) in [5, 5.41) is 0. The van der Waals surface area contributed by atoms with Crippen molar-refractivity contribution in [3.8, 4) is 0 Å². The van der Waals surface area contributed by atoms with E-state index in [4.69, 9.17) is 0 Å². The van der Waals surface area contributed by atoms with E-state index in [0.29, 0.717) is 0 Å². The summed E-state index contributed by atoms with van der Waals surface area (Å²) in [5.41, 5.74) is 10.2. The summed E-state index contributed by atoms with van der Waals surface area (Å²) in [7, 11) is -8.04. The van der Waals surface area contributed by atoms with E-state index >= 15 is 0 Å². The summed E-state index contributed by atoms with van der Waals surface area (Å²) < 4.78 is -0.672. The second-order valence-corrected chi connectivity index (χ2v) is 44.4. The van der Waals surface area contributed by atoms with E-state index in [1.165, 1.54) is 170 Å². The van der Waals surface area contributed by atoms with Crippen molar-refractivity contribution in [2.75, 3.05) is 0 Å². The van der Waals surface area contributed by atoms with Crippen LogP contribution in [0.15, 0.2) is 182 Å². The first-order chi connectivity index (χ1) is 38.8. The van der Waals surface area contributed by atoms with Crippen molar-refractivity contribution in [1.82, 2.24) is 0 Å². The van der Waals surface area contributed by atoms with Gasteiger partial charge in [0.15, 0.2) is 0 Å². The van der Waals surface area contributed by atoms with Crippen LogP contribution in [-0.2, 0) is 25.8 Å². The first-order valence-electron chi connectivity index (χ1n) is 32.9. The molecule has 0 unspecified atom stereocenters. The van der Waals surface area contributed by atoms with Crippen LogP contribution in [0.1, 0.15) is 211 Å². The molecule has 0 saturated heterocycles. The van der Waals surface area contributed by atoms with Gasteiger partial charge in [0.25, 0.3) is 0 Å². The molecule has 4 heteroatoms. The molecule has 6 aromatic carbocycles. The second kappa shape index (κ2) is 33.0. The standard InChI is InChI=1S/3C25H37Si.Cr/c3*1-4-7-20-26(21-8-5-2,22-9-6-3)25(23-16-12-10-13-17-23)24-18-14-11-15-19-24;/h3*10-19H,4-9,20-22H2,1-3H3;. The zero-order chi connectivity index (χ0) is 56.3. The fraction of sp³-hybridized carbons (Fsp3) is 0.520. The Kier molecular flexibility index (Phi) is 27.0. The van der Waals surface area contributed by atoms with Crippen molar-refractivity contribution >= 4 is 24.2 Å². The zero-order valence-corrected chi connectivity index (χ0v) is 56.1. The Morgan fingerprint density at radius 3 is 0.456 bits per heavy atom. The van der Waals surface area contributed by atoms with Gasteiger partial charge in [0.2, 0.25) is 0 Å². The van der Waals surface area contributed by atoms with Gasteiger partial charge < -0.3 is 0 Å². The number of rotatable bonds is 39. The molecule has 0 N–H and O–H groups in total. The molecule has 0 atom stereocenters. The Bertz CT molecular complexity index is 2050. The number of hydrogen-bond donors (Lipinski definition) is 0. The minimum absolute atomic E-state index is 0.224. The van der Waals surface area contributed by atoms with Gasteiger partial charge in [-0.25, -0.2) is 0 Å². The van der Waals surface area contributed by atoms with Crippen LogP contribution in [0.5, 0.6) is 0 Å². The Morgan fingerprint density at radius 2 is 0.342 bits per heavy atom. The van der Waals surface area contributed by atoms with Crippen LogP contribution in [0.4, 0.5) is 0 Å². The van der Waals surface area contributed by atoms with Gasteiger partial charge in [0.05, 0.1) is 0 Å². The molecule has 0 spiro atoms. The van der Waals surface area contributed by atoms with Crippen LogP contribution in [0.2, 0.25) is 54.4 Å².